The minimum Gasteiger partial charge on any atom is -0.250 e. The molecule has 1 aromatic heterocycles. The molecule has 0 bridgehead atoms. The van der Waals surface area contributed by atoms with Crippen LogP contribution in [0.15, 0.2) is 54.9 Å². The fourth-order valence-electron chi connectivity index (χ4n) is 2.21. The van der Waals surface area contributed by atoms with E-state index in [1.165, 1.54) is 11.0 Å². The molecule has 25 heavy (non-hydrogen) atoms. The highest BCUT2D eigenvalue weighted by atomic mass is 35.5. The Labute approximate surface area is 155 Å². The predicted octanol–water partition coefficient (Wildman–Crippen LogP) is 3.58. The average Bonchev–Trinajstić information content (AvgIpc) is 2.97. The molecular formula is C16H14Cl2N4O2S. The Kier molecular flexibility index (Phi) is 5.27. The van der Waals surface area contributed by atoms with Crippen LogP contribution in [0, 0.1) is 0 Å². The second-order valence-electron chi connectivity index (χ2n) is 5.36. The second-order valence-corrected chi connectivity index (χ2v) is 7.90. The number of halogens is 2. The largest absolute Gasteiger partial charge is 0.255 e. The maximum Gasteiger partial charge on any atom is 0.255 e. The molecule has 3 aromatic rings. The third-order valence-electron chi connectivity index (χ3n) is 3.31. The first-order valence-electron chi connectivity index (χ1n) is 7.29. The van der Waals surface area contributed by atoms with Crippen LogP contribution in [-0.4, -0.2) is 23.2 Å². The number of nitrogens with zero attached hydrogens (tertiary/aromatic N) is 3. The number of anilines is 1. The zero-order valence-electron chi connectivity index (χ0n) is 12.9. The van der Waals surface area contributed by atoms with Crippen LogP contribution in [0.4, 0.5) is 5.95 Å². The van der Waals surface area contributed by atoms with Gasteiger partial charge in [-0.15, -0.1) is 5.10 Å². The number of hydrogen-bond donors (Lipinski definition) is 1. The normalized spacial score (nSPS) is 11.4. The first-order valence-corrected chi connectivity index (χ1v) is 9.70. The Morgan fingerprint density at radius 3 is 2.48 bits per heavy atom. The fourth-order valence-corrected chi connectivity index (χ4v) is 3.61. The van der Waals surface area contributed by atoms with Crippen molar-refractivity contribution in [1.82, 2.24) is 14.8 Å². The summed E-state index contributed by atoms with van der Waals surface area (Å²) in [6, 6.07) is 14.1. The van der Waals surface area contributed by atoms with Crippen LogP contribution in [0.2, 0.25) is 10.0 Å². The van der Waals surface area contributed by atoms with Gasteiger partial charge in [0.25, 0.3) is 5.95 Å². The van der Waals surface area contributed by atoms with Crippen LogP contribution in [0.1, 0.15) is 11.1 Å². The molecule has 130 valence electrons. The molecule has 0 saturated carbocycles. The molecule has 0 aliphatic rings. The van der Waals surface area contributed by atoms with Crippen LogP contribution < -0.4 is 4.72 Å². The van der Waals surface area contributed by atoms with Crippen molar-refractivity contribution in [3.63, 3.8) is 0 Å². The summed E-state index contributed by atoms with van der Waals surface area (Å²) in [6.07, 6.45) is 1.45. The van der Waals surface area contributed by atoms with Crippen LogP contribution >= 0.6 is 23.2 Å². The molecule has 1 heterocycles. The molecular weight excluding hydrogens is 383 g/mol. The summed E-state index contributed by atoms with van der Waals surface area (Å²) in [4.78, 5) is 3.98. The second kappa shape index (κ2) is 7.43. The van der Waals surface area contributed by atoms with Crippen LogP contribution in [0.5, 0.6) is 0 Å². The van der Waals surface area contributed by atoms with E-state index in [1.807, 2.05) is 12.1 Å². The molecule has 0 radical (unpaired) electrons. The first-order chi connectivity index (χ1) is 11.9. The molecule has 0 unspecified atom stereocenters. The highest BCUT2D eigenvalue weighted by Crippen LogP contribution is 2.23. The Balaban J connectivity index is 1.67. The summed E-state index contributed by atoms with van der Waals surface area (Å²) in [5.74, 6) is -0.120. The summed E-state index contributed by atoms with van der Waals surface area (Å²) in [5, 5.41) is 5.04. The van der Waals surface area contributed by atoms with Crippen molar-refractivity contribution in [2.45, 2.75) is 12.3 Å². The molecule has 0 amide bonds. The van der Waals surface area contributed by atoms with E-state index in [-0.39, 0.29) is 11.7 Å². The van der Waals surface area contributed by atoms with Gasteiger partial charge in [-0.1, -0.05) is 59.6 Å². The number of benzene rings is 2. The van der Waals surface area contributed by atoms with Gasteiger partial charge in [0, 0.05) is 0 Å². The fraction of sp³-hybridized carbons (Fsp3) is 0.125. The third-order valence-corrected chi connectivity index (χ3v) is 5.26. The smallest absolute Gasteiger partial charge is 0.250 e. The highest BCUT2D eigenvalue weighted by molar-refractivity contribution is 7.91. The topological polar surface area (TPSA) is 76.9 Å². The lowest BCUT2D eigenvalue weighted by molar-refractivity contribution is 0.599. The Morgan fingerprint density at radius 1 is 1.00 bits per heavy atom. The number of hydrogen-bond acceptors (Lipinski definition) is 4. The van der Waals surface area contributed by atoms with Gasteiger partial charge in [0.15, 0.2) is 0 Å². The summed E-state index contributed by atoms with van der Waals surface area (Å²) in [5.41, 5.74) is 1.56. The van der Waals surface area contributed by atoms with E-state index in [0.29, 0.717) is 22.2 Å². The first kappa shape index (κ1) is 17.7. The van der Waals surface area contributed by atoms with Crippen molar-refractivity contribution in [3.05, 3.63) is 76.0 Å². The lowest BCUT2D eigenvalue weighted by Gasteiger charge is -2.05. The minimum atomic E-state index is -3.59. The quantitative estimate of drug-likeness (QED) is 0.690. The summed E-state index contributed by atoms with van der Waals surface area (Å²) in [7, 11) is -3.59. The van der Waals surface area contributed by atoms with E-state index >= 15 is 0 Å². The van der Waals surface area contributed by atoms with Crippen molar-refractivity contribution < 1.29 is 8.42 Å². The lowest BCUT2D eigenvalue weighted by atomic mass is 10.2. The molecule has 2 aromatic carbocycles. The van der Waals surface area contributed by atoms with Crippen LogP contribution in [-0.2, 0) is 22.3 Å². The SMILES string of the molecule is O=S(=O)(Cc1ccccc1)Nc1ncn(Cc2ccc(Cl)c(Cl)c2)n1. The van der Waals surface area contributed by atoms with Gasteiger partial charge in [-0.3, -0.25) is 0 Å². The van der Waals surface area contributed by atoms with E-state index in [9.17, 15) is 8.42 Å². The van der Waals surface area contributed by atoms with Gasteiger partial charge in [0.1, 0.15) is 6.33 Å². The molecule has 3 rings (SSSR count). The van der Waals surface area contributed by atoms with Crippen molar-refractivity contribution in [2.75, 3.05) is 4.72 Å². The minimum absolute atomic E-state index is 0.0241. The maximum atomic E-state index is 12.2. The molecule has 0 aliphatic carbocycles. The summed E-state index contributed by atoms with van der Waals surface area (Å²) in [6.45, 7) is 0.393. The summed E-state index contributed by atoms with van der Waals surface area (Å²) >= 11 is 11.9. The van der Waals surface area contributed by atoms with Gasteiger partial charge in [-0.25, -0.2) is 17.8 Å². The standard InChI is InChI=1S/C16H14Cl2N4O2S/c17-14-7-6-13(8-15(14)18)9-22-11-19-16(20-22)21-25(23,24)10-12-4-2-1-3-5-12/h1-8,11H,9-10H2,(H,20,21). The molecule has 0 aliphatic heterocycles. The van der Waals surface area contributed by atoms with Gasteiger partial charge in [-0.2, -0.15) is 4.98 Å². The maximum absolute atomic E-state index is 12.2. The third kappa shape index (κ3) is 4.94. The number of sulfonamides is 1. The Bertz CT molecular complexity index is 975. The van der Waals surface area contributed by atoms with Gasteiger partial charge < -0.3 is 0 Å². The Morgan fingerprint density at radius 2 is 1.76 bits per heavy atom. The van der Waals surface area contributed by atoms with E-state index in [0.717, 1.165) is 5.56 Å². The number of rotatable bonds is 6. The van der Waals surface area contributed by atoms with Gasteiger partial charge in [0.05, 0.1) is 22.3 Å². The molecule has 0 atom stereocenters. The highest BCUT2D eigenvalue weighted by Gasteiger charge is 2.14. The van der Waals surface area contributed by atoms with Crippen LogP contribution in [0.25, 0.3) is 0 Å². The van der Waals surface area contributed by atoms with Gasteiger partial charge in [-0.05, 0) is 23.3 Å². The number of nitrogens with one attached hydrogen (secondary N) is 1. The van der Waals surface area contributed by atoms with Crippen molar-refractivity contribution in [3.8, 4) is 0 Å². The molecule has 9 heteroatoms. The molecule has 0 fully saturated rings. The van der Waals surface area contributed by atoms with Gasteiger partial charge in [0.2, 0.25) is 10.0 Å². The van der Waals surface area contributed by atoms with Crippen LogP contribution in [0.3, 0.4) is 0 Å². The molecule has 1 N–H and O–H groups in total. The summed E-state index contributed by atoms with van der Waals surface area (Å²) < 4.78 is 28.3. The van der Waals surface area contributed by atoms with Crippen molar-refractivity contribution in [1.29, 1.82) is 0 Å². The lowest BCUT2D eigenvalue weighted by Crippen LogP contribution is -2.16. The molecule has 0 saturated heterocycles. The van der Waals surface area contributed by atoms with E-state index in [4.69, 9.17) is 23.2 Å². The number of aromatic nitrogens is 3. The average molecular weight is 397 g/mol. The zero-order valence-corrected chi connectivity index (χ0v) is 15.3. The Hall–Kier alpha value is -2.09. The van der Waals surface area contributed by atoms with Gasteiger partial charge >= 0.3 is 0 Å². The monoisotopic (exact) mass is 396 g/mol. The molecule has 6 nitrogen and oxygen atoms in total. The molecule has 0 spiro atoms. The predicted molar refractivity (Wildman–Crippen MR) is 98.3 cm³/mol. The zero-order chi connectivity index (χ0) is 17.9. The van der Waals surface area contributed by atoms with E-state index in [2.05, 4.69) is 14.8 Å². The van der Waals surface area contributed by atoms with Crippen molar-refractivity contribution >= 4 is 39.2 Å². The van der Waals surface area contributed by atoms with Crippen molar-refractivity contribution in [2.24, 2.45) is 0 Å². The van der Waals surface area contributed by atoms with E-state index in [1.54, 1.807) is 36.4 Å². The van der Waals surface area contributed by atoms with E-state index < -0.39 is 10.0 Å².